The van der Waals surface area contributed by atoms with E-state index in [9.17, 15) is 0 Å². The molecule has 12 heteroatoms. The van der Waals surface area contributed by atoms with E-state index in [-0.39, 0.29) is 54.7 Å². The Morgan fingerprint density at radius 1 is 0.646 bits per heavy atom. The van der Waals surface area contributed by atoms with Crippen molar-refractivity contribution in [3.05, 3.63) is 131 Å². The summed E-state index contributed by atoms with van der Waals surface area (Å²) in [5.41, 5.74) is -0.0832. The molecule has 3 aromatic carbocycles. The Hall–Kier alpha value is -2.50. The number of ether oxygens (including phenoxy) is 11. The summed E-state index contributed by atoms with van der Waals surface area (Å²) in [6.07, 6.45) is 17.0. The average molecular weight is 1240 g/mol. The van der Waals surface area contributed by atoms with Crippen LogP contribution in [0.2, 0.25) is 13.3 Å². The fourth-order valence-electron chi connectivity index (χ4n) is 15.5. The topological polar surface area (TPSA) is 102 Å². The molecule has 0 unspecified atom stereocenters. The van der Waals surface area contributed by atoms with Gasteiger partial charge in [-0.25, -0.2) is 0 Å². The summed E-state index contributed by atoms with van der Waals surface area (Å²) in [7, 11) is 0. The molecule has 0 aliphatic carbocycles. The number of benzene rings is 3. The van der Waals surface area contributed by atoms with Crippen LogP contribution in [0.4, 0.5) is 0 Å². The van der Waals surface area contributed by atoms with Gasteiger partial charge in [0.05, 0.1) is 19.3 Å². The first-order valence-electron chi connectivity index (χ1n) is 32.2. The minimum atomic E-state index is -2.66. The van der Waals surface area contributed by atoms with Crippen LogP contribution >= 0.6 is 0 Å². The van der Waals surface area contributed by atoms with E-state index in [2.05, 4.69) is 139 Å². The molecule has 0 spiro atoms. The second-order valence-corrected chi connectivity index (χ2v) is 39.9. The zero-order valence-electron chi connectivity index (χ0n) is 51.3. The molecule has 0 radical (unpaired) electrons. The van der Waals surface area contributed by atoms with Gasteiger partial charge in [-0.1, -0.05) is 91.0 Å². The molecule has 0 N–H and O–H groups in total. The molecule has 0 aromatic heterocycles. The molecule has 17 atom stereocenters. The third-order valence-corrected chi connectivity index (χ3v) is 34.4. The van der Waals surface area contributed by atoms with Crippen LogP contribution in [0.3, 0.4) is 0 Å². The second kappa shape index (κ2) is 27.7. The molecule has 0 amide bonds. The first-order valence-corrected chi connectivity index (χ1v) is 39.9. The summed E-state index contributed by atoms with van der Waals surface area (Å²) >= 11 is -2.66. The Morgan fingerprint density at radius 3 is 1.95 bits per heavy atom. The molecule has 0 saturated carbocycles. The molecule has 7 heterocycles. The van der Waals surface area contributed by atoms with Crippen LogP contribution in [0.25, 0.3) is 0 Å². The Kier molecular flexibility index (Phi) is 21.1. The molecule has 11 nitrogen and oxygen atoms in total. The van der Waals surface area contributed by atoms with E-state index in [1.165, 1.54) is 57.4 Å². The number of unbranched alkanes of at least 4 members (excludes halogenated alkanes) is 3. The van der Waals surface area contributed by atoms with Crippen molar-refractivity contribution >= 4 is 18.4 Å². The molecule has 452 valence electrons. The Morgan fingerprint density at radius 2 is 1.28 bits per heavy atom. The fourth-order valence-corrected chi connectivity index (χ4v) is 29.9. The van der Waals surface area contributed by atoms with Gasteiger partial charge in [0, 0.05) is 12.2 Å². The van der Waals surface area contributed by atoms with Crippen molar-refractivity contribution in [2.45, 2.75) is 280 Å². The van der Waals surface area contributed by atoms with Crippen molar-refractivity contribution in [2.75, 3.05) is 13.2 Å². The number of hydrogen-bond donors (Lipinski definition) is 0. The maximum absolute atomic E-state index is 7.73. The zero-order chi connectivity index (χ0) is 57.4. The first-order chi connectivity index (χ1) is 39.6. The predicted molar refractivity (Wildman–Crippen MR) is 325 cm³/mol. The van der Waals surface area contributed by atoms with Gasteiger partial charge in [-0.15, -0.1) is 0 Å². The number of rotatable bonds is 25. The third-order valence-electron chi connectivity index (χ3n) is 20.2. The molecule has 7 aliphatic heterocycles. The van der Waals surface area contributed by atoms with E-state index in [0.29, 0.717) is 45.7 Å². The maximum atomic E-state index is 7.73. The molecule has 3 aromatic rings. The second-order valence-electron chi connectivity index (χ2n) is 26.9. The van der Waals surface area contributed by atoms with Crippen LogP contribution in [0, 0.1) is 5.92 Å². The molecular formula is C70H102O11Sn. The Bertz CT molecular complexity index is 2460. The molecule has 7 fully saturated rings. The van der Waals surface area contributed by atoms with E-state index in [1.54, 1.807) is 0 Å². The Labute approximate surface area is 497 Å². The first kappa shape index (κ1) is 62.5. The van der Waals surface area contributed by atoms with Crippen LogP contribution in [0.15, 0.2) is 114 Å². The third kappa shape index (κ3) is 14.4. The normalized spacial score (nSPS) is 38.3. The predicted octanol–water partition coefficient (Wildman–Crippen LogP) is 15.4. The van der Waals surface area contributed by atoms with Crippen LogP contribution in [-0.4, -0.2) is 121 Å². The minimum absolute atomic E-state index is 0.00418. The molecule has 0 bridgehead atoms. The molecule has 7 saturated heterocycles. The summed E-state index contributed by atoms with van der Waals surface area (Å²) in [6.45, 7) is 24.9. The van der Waals surface area contributed by atoms with Crippen molar-refractivity contribution in [1.29, 1.82) is 0 Å². The van der Waals surface area contributed by atoms with Gasteiger partial charge in [-0.2, -0.15) is 0 Å². The van der Waals surface area contributed by atoms with Crippen molar-refractivity contribution < 1.29 is 52.1 Å². The molecule has 7 aliphatic rings. The van der Waals surface area contributed by atoms with Gasteiger partial charge in [0.2, 0.25) is 0 Å². The van der Waals surface area contributed by atoms with Crippen LogP contribution < -0.4 is 0 Å². The summed E-state index contributed by atoms with van der Waals surface area (Å²) in [4.78, 5) is 0. The summed E-state index contributed by atoms with van der Waals surface area (Å²) in [5, 5.41) is 0. The number of allylic oxidation sites excluding steroid dienone is 1. The molecular weight excluding hydrogens is 1140 g/mol. The number of hydrogen-bond acceptors (Lipinski definition) is 11. The quantitative estimate of drug-likeness (QED) is 0.0460. The van der Waals surface area contributed by atoms with Gasteiger partial charge in [0.25, 0.3) is 0 Å². The van der Waals surface area contributed by atoms with Crippen LogP contribution in [0.1, 0.15) is 181 Å². The Balaban J connectivity index is 0.905. The van der Waals surface area contributed by atoms with Gasteiger partial charge >= 0.3 is 328 Å². The van der Waals surface area contributed by atoms with E-state index in [1.807, 2.05) is 30.3 Å². The van der Waals surface area contributed by atoms with Crippen molar-refractivity contribution in [3.8, 4) is 0 Å². The van der Waals surface area contributed by atoms with Gasteiger partial charge in [-0.05, 0) is 18.4 Å². The number of fused-ring (bicyclic) bond motifs is 5. The van der Waals surface area contributed by atoms with Crippen LogP contribution in [-0.2, 0) is 65.3 Å². The average Bonchev–Trinajstić information content (AvgIpc) is 3.13. The van der Waals surface area contributed by atoms with Gasteiger partial charge < -0.3 is 18.9 Å². The fraction of sp³-hybridized carbons (Fsp3) is 0.686. The van der Waals surface area contributed by atoms with Crippen molar-refractivity contribution in [3.63, 3.8) is 0 Å². The van der Waals surface area contributed by atoms with E-state index >= 15 is 0 Å². The monoisotopic (exact) mass is 1240 g/mol. The molecule has 10 rings (SSSR count). The van der Waals surface area contributed by atoms with Crippen LogP contribution in [0.5, 0.6) is 0 Å². The van der Waals surface area contributed by atoms with Crippen molar-refractivity contribution in [1.82, 2.24) is 0 Å². The van der Waals surface area contributed by atoms with Crippen molar-refractivity contribution in [2.24, 2.45) is 5.92 Å². The molecule has 82 heavy (non-hydrogen) atoms. The summed E-state index contributed by atoms with van der Waals surface area (Å²) in [5.74, 6) is 0.00418. The van der Waals surface area contributed by atoms with E-state index in [0.717, 1.165) is 56.1 Å². The summed E-state index contributed by atoms with van der Waals surface area (Å²) in [6, 6.07) is 31.1. The standard InChI is InChI=1S/C58H75O11.3C4H9.Sn/c1-8-20-42-34-55(4)48(33-51-58(7,69-55)50(60-36-40-23-15-11-16-24-40)31-43(62-51)27-19-30-59-35-39-21-13-10-14-22-39)66-53(42)67-56(5)38-57(6)49(65-46(56)9-2)32-47-54(3,68-57)29-28-44-45(63-47)37-61-52(64-44)41-25-17-12-18-26-41;3*1-3-4-2;/h1,8-18,21-26,42-53H,2,19-20,27-38H2,3-7H3;3*1,3-4H2,2H3;/t42-,43-,44-,45+,46-,47-,48-,49+,50-,51+,52+,53+,54+,55+,56+,57-,58-;;;;/m0..../s1. The van der Waals surface area contributed by atoms with Gasteiger partial charge in [0.15, 0.2) is 6.29 Å². The SMILES string of the molecule is C=C[C@@H]1O[C@@H]2C[C@@H]3O[C@@H]4CO[C@@H](c5ccccc5)O[C@H]4CC[C@@]3(C)O[C@@]2(C)C[C@@]1(C)O[C@H]1O[C@H]2C[C@H]3O[C@@H](CCCOCc4ccccc4)C[C@H](OCc4ccccc4)[C@]3(C)O[C@]2(C)C[C@@H]1C/C=[CH]\[Sn]([CH2]CCC)([CH2]CCC)[CH2]CCC. The summed E-state index contributed by atoms with van der Waals surface area (Å²) < 4.78 is 85.3. The zero-order valence-corrected chi connectivity index (χ0v) is 54.1. The van der Waals surface area contributed by atoms with E-state index in [4.69, 9.17) is 52.1 Å². The van der Waals surface area contributed by atoms with E-state index < -0.39 is 65.1 Å². The van der Waals surface area contributed by atoms with Gasteiger partial charge in [-0.3, -0.25) is 0 Å². The van der Waals surface area contributed by atoms with Gasteiger partial charge in [0.1, 0.15) is 6.10 Å².